The van der Waals surface area contributed by atoms with Crippen molar-refractivity contribution in [3.05, 3.63) is 33.8 Å². The van der Waals surface area contributed by atoms with Gasteiger partial charge in [0.05, 0.1) is 7.11 Å². The Bertz CT molecular complexity index is 454. The van der Waals surface area contributed by atoms with E-state index in [1.807, 2.05) is 18.2 Å². The van der Waals surface area contributed by atoms with Crippen LogP contribution in [-0.4, -0.2) is 18.8 Å². The SMILES string of the molecule is COC(=O)C1=Cc2cc(Br)ccc2SCC1. The Morgan fingerprint density at radius 1 is 1.50 bits per heavy atom. The standard InChI is InChI=1S/C12H11BrO2S/c1-15-12(14)8-4-5-16-11-3-2-10(13)7-9(11)6-8/h2-3,6-7H,4-5H2,1H3. The van der Waals surface area contributed by atoms with E-state index in [-0.39, 0.29) is 5.97 Å². The Hall–Kier alpha value is -0.740. The molecular weight excluding hydrogens is 288 g/mol. The Balaban J connectivity index is 2.42. The van der Waals surface area contributed by atoms with E-state index in [0.29, 0.717) is 0 Å². The van der Waals surface area contributed by atoms with Gasteiger partial charge in [-0.25, -0.2) is 4.79 Å². The number of carbonyl (C=O) groups is 1. The zero-order chi connectivity index (χ0) is 11.5. The normalized spacial score (nSPS) is 14.8. The third-order valence-corrected chi connectivity index (χ3v) is 3.96. The van der Waals surface area contributed by atoms with Crippen molar-refractivity contribution in [3.63, 3.8) is 0 Å². The Labute approximate surface area is 107 Å². The molecule has 0 bridgehead atoms. The molecule has 0 saturated heterocycles. The third-order valence-electron chi connectivity index (χ3n) is 2.38. The summed E-state index contributed by atoms with van der Waals surface area (Å²) in [7, 11) is 1.42. The lowest BCUT2D eigenvalue weighted by Gasteiger charge is -2.02. The maximum Gasteiger partial charge on any atom is 0.333 e. The highest BCUT2D eigenvalue weighted by atomic mass is 79.9. The average Bonchev–Trinajstić information content (AvgIpc) is 2.49. The van der Waals surface area contributed by atoms with E-state index in [0.717, 1.165) is 27.8 Å². The number of benzene rings is 1. The Morgan fingerprint density at radius 3 is 3.06 bits per heavy atom. The van der Waals surface area contributed by atoms with Crippen LogP contribution >= 0.6 is 27.7 Å². The van der Waals surface area contributed by atoms with Crippen molar-refractivity contribution in [2.45, 2.75) is 11.3 Å². The van der Waals surface area contributed by atoms with Gasteiger partial charge in [0, 0.05) is 20.7 Å². The van der Waals surface area contributed by atoms with Crippen LogP contribution in [0, 0.1) is 0 Å². The molecule has 1 aromatic carbocycles. The van der Waals surface area contributed by atoms with Gasteiger partial charge in [-0.15, -0.1) is 11.8 Å². The van der Waals surface area contributed by atoms with Crippen molar-refractivity contribution < 1.29 is 9.53 Å². The van der Waals surface area contributed by atoms with Crippen molar-refractivity contribution in [3.8, 4) is 0 Å². The molecular formula is C12H11BrO2S. The summed E-state index contributed by atoms with van der Waals surface area (Å²) in [4.78, 5) is 12.7. The van der Waals surface area contributed by atoms with Gasteiger partial charge in [-0.3, -0.25) is 0 Å². The van der Waals surface area contributed by atoms with Crippen molar-refractivity contribution in [1.29, 1.82) is 0 Å². The molecule has 0 spiro atoms. The van der Waals surface area contributed by atoms with E-state index in [1.54, 1.807) is 11.8 Å². The van der Waals surface area contributed by atoms with Gasteiger partial charge in [-0.05, 0) is 36.3 Å². The summed E-state index contributed by atoms with van der Waals surface area (Å²) >= 11 is 5.20. The Kier molecular flexibility index (Phi) is 3.71. The second-order valence-electron chi connectivity index (χ2n) is 3.44. The summed E-state index contributed by atoms with van der Waals surface area (Å²) in [6.07, 6.45) is 2.68. The van der Waals surface area contributed by atoms with Crippen molar-refractivity contribution in [2.75, 3.05) is 12.9 Å². The first kappa shape index (κ1) is 11.7. The number of hydrogen-bond acceptors (Lipinski definition) is 3. The molecule has 0 unspecified atom stereocenters. The van der Waals surface area contributed by atoms with Crippen LogP contribution in [0.5, 0.6) is 0 Å². The van der Waals surface area contributed by atoms with Crippen LogP contribution in [-0.2, 0) is 9.53 Å². The van der Waals surface area contributed by atoms with E-state index >= 15 is 0 Å². The average molecular weight is 299 g/mol. The second-order valence-corrected chi connectivity index (χ2v) is 5.49. The second kappa shape index (κ2) is 5.06. The molecule has 0 aliphatic carbocycles. The van der Waals surface area contributed by atoms with Crippen LogP contribution in [0.15, 0.2) is 33.1 Å². The molecule has 16 heavy (non-hydrogen) atoms. The number of esters is 1. The first-order valence-electron chi connectivity index (χ1n) is 4.92. The zero-order valence-corrected chi connectivity index (χ0v) is 11.2. The lowest BCUT2D eigenvalue weighted by atomic mass is 10.1. The molecule has 0 N–H and O–H groups in total. The van der Waals surface area contributed by atoms with Crippen molar-refractivity contribution >= 4 is 39.7 Å². The van der Waals surface area contributed by atoms with Crippen LogP contribution in [0.4, 0.5) is 0 Å². The fourth-order valence-corrected chi connectivity index (χ4v) is 2.96. The zero-order valence-electron chi connectivity index (χ0n) is 8.83. The van der Waals surface area contributed by atoms with E-state index in [4.69, 9.17) is 4.74 Å². The van der Waals surface area contributed by atoms with Crippen molar-refractivity contribution in [1.82, 2.24) is 0 Å². The molecule has 1 aliphatic rings. The fraction of sp³-hybridized carbons (Fsp3) is 0.250. The number of hydrogen-bond donors (Lipinski definition) is 0. The molecule has 0 amide bonds. The molecule has 1 aliphatic heterocycles. The van der Waals surface area contributed by atoms with E-state index in [2.05, 4.69) is 22.0 Å². The lowest BCUT2D eigenvalue weighted by molar-refractivity contribution is -0.136. The highest BCUT2D eigenvalue weighted by Crippen LogP contribution is 2.32. The summed E-state index contributed by atoms with van der Waals surface area (Å²) in [6.45, 7) is 0. The van der Waals surface area contributed by atoms with Crippen LogP contribution in [0.1, 0.15) is 12.0 Å². The molecule has 0 fully saturated rings. The largest absolute Gasteiger partial charge is 0.466 e. The minimum atomic E-state index is -0.228. The van der Waals surface area contributed by atoms with Gasteiger partial charge in [0.1, 0.15) is 0 Å². The number of ether oxygens (including phenoxy) is 1. The molecule has 1 aromatic rings. The maximum absolute atomic E-state index is 11.5. The molecule has 2 rings (SSSR count). The molecule has 4 heteroatoms. The van der Waals surface area contributed by atoms with Gasteiger partial charge < -0.3 is 4.74 Å². The van der Waals surface area contributed by atoms with Gasteiger partial charge in [-0.1, -0.05) is 15.9 Å². The fourth-order valence-electron chi connectivity index (χ4n) is 1.59. The summed E-state index contributed by atoms with van der Waals surface area (Å²) in [6, 6.07) is 6.11. The van der Waals surface area contributed by atoms with Crippen LogP contribution < -0.4 is 0 Å². The summed E-state index contributed by atoms with van der Waals surface area (Å²) < 4.78 is 5.78. The highest BCUT2D eigenvalue weighted by Gasteiger charge is 2.15. The summed E-state index contributed by atoms with van der Waals surface area (Å²) in [5.74, 6) is 0.684. The lowest BCUT2D eigenvalue weighted by Crippen LogP contribution is -2.04. The number of thioether (sulfide) groups is 1. The predicted octanol–water partition coefficient (Wildman–Crippen LogP) is 3.50. The monoisotopic (exact) mass is 298 g/mol. The van der Waals surface area contributed by atoms with Crippen LogP contribution in [0.2, 0.25) is 0 Å². The highest BCUT2D eigenvalue weighted by molar-refractivity contribution is 9.10. The van der Waals surface area contributed by atoms with E-state index < -0.39 is 0 Å². The summed E-state index contributed by atoms with van der Waals surface area (Å²) in [5, 5.41) is 0. The number of rotatable bonds is 1. The molecule has 0 radical (unpaired) electrons. The number of halogens is 1. The molecule has 1 heterocycles. The van der Waals surface area contributed by atoms with E-state index in [1.165, 1.54) is 12.0 Å². The quantitative estimate of drug-likeness (QED) is 0.742. The van der Waals surface area contributed by atoms with Crippen LogP contribution in [0.3, 0.4) is 0 Å². The van der Waals surface area contributed by atoms with Gasteiger partial charge in [0.2, 0.25) is 0 Å². The predicted molar refractivity (Wildman–Crippen MR) is 69.5 cm³/mol. The van der Waals surface area contributed by atoms with Gasteiger partial charge in [0.25, 0.3) is 0 Å². The molecule has 0 saturated carbocycles. The minimum Gasteiger partial charge on any atom is -0.466 e. The van der Waals surface area contributed by atoms with Crippen LogP contribution in [0.25, 0.3) is 6.08 Å². The minimum absolute atomic E-state index is 0.228. The smallest absolute Gasteiger partial charge is 0.333 e. The Morgan fingerprint density at radius 2 is 2.31 bits per heavy atom. The topological polar surface area (TPSA) is 26.3 Å². The van der Waals surface area contributed by atoms with Gasteiger partial charge in [0.15, 0.2) is 0 Å². The number of methoxy groups -OCH3 is 1. The third kappa shape index (κ3) is 2.50. The molecule has 84 valence electrons. The van der Waals surface area contributed by atoms with E-state index in [9.17, 15) is 4.79 Å². The number of carbonyl (C=O) groups excluding carboxylic acids is 1. The maximum atomic E-state index is 11.5. The number of fused-ring (bicyclic) bond motifs is 1. The molecule has 0 atom stereocenters. The molecule has 2 nitrogen and oxygen atoms in total. The first-order chi connectivity index (χ1) is 7.70. The first-order valence-corrected chi connectivity index (χ1v) is 6.70. The summed E-state index contributed by atoms with van der Waals surface area (Å²) in [5.41, 5.74) is 1.82. The van der Waals surface area contributed by atoms with Gasteiger partial charge >= 0.3 is 5.97 Å². The van der Waals surface area contributed by atoms with Gasteiger partial charge in [-0.2, -0.15) is 0 Å². The molecule has 0 aromatic heterocycles. The van der Waals surface area contributed by atoms with Crippen molar-refractivity contribution in [2.24, 2.45) is 0 Å².